The summed E-state index contributed by atoms with van der Waals surface area (Å²) in [5, 5.41) is 14.7. The van der Waals surface area contributed by atoms with Gasteiger partial charge in [-0.25, -0.2) is 18.5 Å². The molecule has 1 aromatic heterocycles. The van der Waals surface area contributed by atoms with E-state index in [0.717, 1.165) is 16.9 Å². The molecule has 31 heavy (non-hydrogen) atoms. The molecule has 0 atom stereocenters. The number of rotatable bonds is 6. The fourth-order valence-electron chi connectivity index (χ4n) is 3.20. The van der Waals surface area contributed by atoms with Crippen molar-refractivity contribution in [2.45, 2.75) is 11.8 Å². The van der Waals surface area contributed by atoms with Gasteiger partial charge in [0, 0.05) is 24.6 Å². The summed E-state index contributed by atoms with van der Waals surface area (Å²) < 4.78 is 35.5. The van der Waals surface area contributed by atoms with Gasteiger partial charge in [-0.1, -0.05) is 6.07 Å². The van der Waals surface area contributed by atoms with Gasteiger partial charge in [0.25, 0.3) is 0 Å². The van der Waals surface area contributed by atoms with Crippen LogP contribution in [0.4, 0.5) is 28.8 Å². The molecule has 11 heteroatoms. The van der Waals surface area contributed by atoms with E-state index in [-0.39, 0.29) is 22.9 Å². The number of primary sulfonamides is 1. The van der Waals surface area contributed by atoms with Gasteiger partial charge >= 0.3 is 0 Å². The average molecular weight is 443 g/mol. The summed E-state index contributed by atoms with van der Waals surface area (Å²) in [4.78, 5) is 8.46. The average Bonchev–Trinajstić information content (AvgIpc) is 2.74. The fourth-order valence-corrected chi connectivity index (χ4v) is 4.04. The Labute approximate surface area is 179 Å². The molecule has 0 unspecified atom stereocenters. The number of hydrogen-bond acceptors (Lipinski definition) is 9. The summed E-state index contributed by atoms with van der Waals surface area (Å²) in [6.45, 7) is 2.57. The second kappa shape index (κ2) is 8.28. The van der Waals surface area contributed by atoms with E-state index >= 15 is 0 Å². The SMILES string of the molecule is CNc1cc(Nc2nccc(Nc3ccc4c(c3S(N)(=O)=O)OCCO4)n2)ccc1C. The van der Waals surface area contributed by atoms with E-state index in [2.05, 4.69) is 25.9 Å². The van der Waals surface area contributed by atoms with E-state index in [4.69, 9.17) is 14.6 Å². The van der Waals surface area contributed by atoms with Crippen LogP contribution in [-0.4, -0.2) is 38.6 Å². The molecule has 0 spiro atoms. The highest BCUT2D eigenvalue weighted by Gasteiger charge is 2.27. The Bertz CT molecular complexity index is 1230. The van der Waals surface area contributed by atoms with Gasteiger partial charge < -0.3 is 25.4 Å². The zero-order valence-electron chi connectivity index (χ0n) is 17.0. The van der Waals surface area contributed by atoms with Crippen LogP contribution in [-0.2, 0) is 10.0 Å². The van der Waals surface area contributed by atoms with E-state index in [0.29, 0.717) is 24.1 Å². The number of nitrogens with two attached hydrogens (primary N) is 1. The molecule has 0 radical (unpaired) electrons. The van der Waals surface area contributed by atoms with Crippen molar-refractivity contribution < 1.29 is 17.9 Å². The second-order valence-corrected chi connectivity index (χ2v) is 8.30. The number of fused-ring (bicyclic) bond motifs is 1. The third-order valence-corrected chi connectivity index (χ3v) is 5.60. The Balaban J connectivity index is 1.64. The van der Waals surface area contributed by atoms with Crippen molar-refractivity contribution in [3.05, 3.63) is 48.2 Å². The maximum absolute atomic E-state index is 12.3. The van der Waals surface area contributed by atoms with Gasteiger partial charge in [0.1, 0.15) is 19.0 Å². The minimum Gasteiger partial charge on any atom is -0.486 e. The first kappa shape index (κ1) is 20.7. The molecule has 162 valence electrons. The monoisotopic (exact) mass is 442 g/mol. The van der Waals surface area contributed by atoms with E-state index in [1.807, 2.05) is 32.2 Å². The van der Waals surface area contributed by atoms with Crippen molar-refractivity contribution in [2.75, 3.05) is 36.2 Å². The second-order valence-electron chi connectivity index (χ2n) is 6.81. The molecule has 0 saturated heterocycles. The van der Waals surface area contributed by atoms with Crippen LogP contribution in [0, 0.1) is 6.92 Å². The number of nitrogens with one attached hydrogen (secondary N) is 3. The van der Waals surface area contributed by atoms with Gasteiger partial charge in [0.15, 0.2) is 16.4 Å². The maximum atomic E-state index is 12.3. The maximum Gasteiger partial charge on any atom is 0.243 e. The van der Waals surface area contributed by atoms with Gasteiger partial charge in [-0.15, -0.1) is 0 Å². The Morgan fingerprint density at radius 1 is 1.03 bits per heavy atom. The molecule has 10 nitrogen and oxygen atoms in total. The van der Waals surface area contributed by atoms with Crippen LogP contribution in [0.25, 0.3) is 0 Å². The molecule has 1 aliphatic rings. The predicted octanol–water partition coefficient (Wildman–Crippen LogP) is 2.73. The molecule has 0 fully saturated rings. The largest absolute Gasteiger partial charge is 0.486 e. The molecule has 0 amide bonds. The topological polar surface area (TPSA) is 140 Å². The van der Waals surface area contributed by atoms with Crippen LogP contribution in [0.1, 0.15) is 5.56 Å². The van der Waals surface area contributed by atoms with Crippen LogP contribution >= 0.6 is 0 Å². The summed E-state index contributed by atoms with van der Waals surface area (Å²) in [6, 6.07) is 10.6. The highest BCUT2D eigenvalue weighted by Crippen LogP contribution is 2.41. The van der Waals surface area contributed by atoms with Gasteiger partial charge in [-0.3, -0.25) is 0 Å². The lowest BCUT2D eigenvalue weighted by molar-refractivity contribution is 0.167. The Kier molecular flexibility index (Phi) is 5.53. The first-order chi connectivity index (χ1) is 14.8. The first-order valence-electron chi connectivity index (χ1n) is 9.46. The van der Waals surface area contributed by atoms with Crippen molar-refractivity contribution >= 4 is 38.9 Å². The van der Waals surface area contributed by atoms with Crippen LogP contribution in [0.3, 0.4) is 0 Å². The summed E-state index contributed by atoms with van der Waals surface area (Å²) in [5.41, 5.74) is 3.12. The first-order valence-corrected chi connectivity index (χ1v) is 11.0. The summed E-state index contributed by atoms with van der Waals surface area (Å²) in [7, 11) is -2.25. The van der Waals surface area contributed by atoms with Crippen LogP contribution in [0.15, 0.2) is 47.5 Å². The molecule has 3 aromatic rings. The summed E-state index contributed by atoms with van der Waals surface area (Å²) in [5.74, 6) is 1.13. The molecule has 2 aromatic carbocycles. The fraction of sp³-hybridized carbons (Fsp3) is 0.200. The van der Waals surface area contributed by atoms with Crippen molar-refractivity contribution in [3.63, 3.8) is 0 Å². The van der Waals surface area contributed by atoms with Crippen molar-refractivity contribution in [3.8, 4) is 11.5 Å². The van der Waals surface area contributed by atoms with E-state index < -0.39 is 10.0 Å². The third-order valence-electron chi connectivity index (χ3n) is 4.63. The van der Waals surface area contributed by atoms with Crippen LogP contribution in [0.5, 0.6) is 11.5 Å². The van der Waals surface area contributed by atoms with E-state index in [9.17, 15) is 8.42 Å². The lowest BCUT2D eigenvalue weighted by atomic mass is 10.2. The van der Waals surface area contributed by atoms with Crippen molar-refractivity contribution in [1.29, 1.82) is 0 Å². The molecule has 4 rings (SSSR count). The Morgan fingerprint density at radius 3 is 2.61 bits per heavy atom. The zero-order valence-corrected chi connectivity index (χ0v) is 17.8. The van der Waals surface area contributed by atoms with Gasteiger partial charge in [0.2, 0.25) is 16.0 Å². The highest BCUT2D eigenvalue weighted by atomic mass is 32.2. The highest BCUT2D eigenvalue weighted by molar-refractivity contribution is 7.89. The lowest BCUT2D eigenvalue weighted by Gasteiger charge is -2.22. The number of anilines is 5. The standard InChI is InChI=1S/C20H22N6O4S/c1-12-3-4-13(11-15(12)22-2)24-20-23-8-7-17(26-20)25-14-5-6-16-18(30-10-9-29-16)19(14)31(21,27)28/h3-8,11,22H,9-10H2,1-2H3,(H2,21,27,28)(H2,23,24,25,26). The van der Waals surface area contributed by atoms with Crippen LogP contribution in [0.2, 0.25) is 0 Å². The number of hydrogen-bond donors (Lipinski definition) is 4. The van der Waals surface area contributed by atoms with E-state index in [1.165, 1.54) is 0 Å². The molecular weight excluding hydrogens is 420 g/mol. The number of nitrogens with zero attached hydrogens (tertiary/aromatic N) is 2. The minimum absolute atomic E-state index is 0.0883. The minimum atomic E-state index is -4.10. The molecule has 0 bridgehead atoms. The molecular formula is C20H22N6O4S. The number of ether oxygens (including phenoxy) is 2. The zero-order chi connectivity index (χ0) is 22.0. The number of benzene rings is 2. The molecule has 2 heterocycles. The summed E-state index contributed by atoms with van der Waals surface area (Å²) >= 11 is 0. The lowest BCUT2D eigenvalue weighted by Crippen LogP contribution is -2.21. The number of sulfonamides is 1. The quantitative estimate of drug-likeness (QED) is 0.453. The molecule has 0 aliphatic carbocycles. The molecule has 0 saturated carbocycles. The Hall–Kier alpha value is -3.57. The van der Waals surface area contributed by atoms with Gasteiger partial charge in [-0.05, 0) is 42.8 Å². The van der Waals surface area contributed by atoms with Crippen molar-refractivity contribution in [2.24, 2.45) is 5.14 Å². The smallest absolute Gasteiger partial charge is 0.243 e. The number of aryl methyl sites for hydroxylation is 1. The third kappa shape index (κ3) is 4.47. The van der Waals surface area contributed by atoms with E-state index in [1.54, 1.807) is 24.4 Å². The Morgan fingerprint density at radius 2 is 1.84 bits per heavy atom. The van der Waals surface area contributed by atoms with Gasteiger partial charge in [0.05, 0.1) is 5.69 Å². The molecule has 1 aliphatic heterocycles. The molecule has 5 N–H and O–H groups in total. The number of aromatic nitrogens is 2. The van der Waals surface area contributed by atoms with Gasteiger partial charge in [-0.2, -0.15) is 4.98 Å². The normalized spacial score (nSPS) is 12.9. The van der Waals surface area contributed by atoms with Crippen molar-refractivity contribution in [1.82, 2.24) is 9.97 Å². The van der Waals surface area contributed by atoms with Crippen LogP contribution < -0.4 is 30.6 Å². The summed E-state index contributed by atoms with van der Waals surface area (Å²) in [6.07, 6.45) is 1.56. The predicted molar refractivity (Wildman–Crippen MR) is 118 cm³/mol.